The van der Waals surface area contributed by atoms with Gasteiger partial charge in [0.15, 0.2) is 0 Å². The average molecular weight is 224 g/mol. The van der Waals surface area contributed by atoms with Gasteiger partial charge in [0.05, 0.1) is 0 Å². The van der Waals surface area contributed by atoms with E-state index in [4.69, 9.17) is 5.11 Å². The third kappa shape index (κ3) is 2.02. The molecule has 0 aliphatic rings. The van der Waals surface area contributed by atoms with Crippen molar-refractivity contribution in [1.29, 1.82) is 0 Å². The standard InChI is InChI=1S/C10H8O2S2/c11-10(12)9-4-3-8(14-9)6-7-2-1-5-13-7/h1-5H,6H2,(H,11,12). The Labute approximate surface area is 89.5 Å². The number of carbonyl (C=O) groups is 1. The fourth-order valence-electron chi connectivity index (χ4n) is 1.17. The first kappa shape index (κ1) is 9.43. The van der Waals surface area contributed by atoms with Gasteiger partial charge in [-0.3, -0.25) is 0 Å². The molecule has 0 saturated carbocycles. The van der Waals surface area contributed by atoms with Crippen LogP contribution < -0.4 is 0 Å². The highest BCUT2D eigenvalue weighted by atomic mass is 32.1. The molecule has 0 unspecified atom stereocenters. The molecule has 0 radical (unpaired) electrons. The van der Waals surface area contributed by atoms with Gasteiger partial charge < -0.3 is 5.11 Å². The molecule has 0 fully saturated rings. The predicted octanol–water partition coefficient (Wildman–Crippen LogP) is 3.10. The Hall–Kier alpha value is -1.13. The van der Waals surface area contributed by atoms with Crippen LogP contribution in [0.25, 0.3) is 0 Å². The molecule has 0 aromatic carbocycles. The van der Waals surface area contributed by atoms with Crippen LogP contribution in [0.4, 0.5) is 0 Å². The summed E-state index contributed by atoms with van der Waals surface area (Å²) in [7, 11) is 0. The van der Waals surface area contributed by atoms with Crippen molar-refractivity contribution in [3.8, 4) is 0 Å². The fourth-order valence-corrected chi connectivity index (χ4v) is 2.86. The zero-order valence-electron chi connectivity index (χ0n) is 7.27. The number of carboxylic acids is 1. The van der Waals surface area contributed by atoms with Crippen molar-refractivity contribution in [2.24, 2.45) is 0 Å². The van der Waals surface area contributed by atoms with E-state index in [0.717, 1.165) is 11.3 Å². The molecule has 2 nitrogen and oxygen atoms in total. The lowest BCUT2D eigenvalue weighted by Crippen LogP contribution is -1.89. The average Bonchev–Trinajstić information content (AvgIpc) is 2.75. The van der Waals surface area contributed by atoms with Crippen LogP contribution in [0.1, 0.15) is 19.4 Å². The van der Waals surface area contributed by atoms with Crippen LogP contribution in [-0.4, -0.2) is 11.1 Å². The summed E-state index contributed by atoms with van der Waals surface area (Å²) >= 11 is 3.04. The van der Waals surface area contributed by atoms with Gasteiger partial charge in [0.25, 0.3) is 0 Å². The third-order valence-corrected chi connectivity index (χ3v) is 3.75. The topological polar surface area (TPSA) is 37.3 Å². The molecule has 14 heavy (non-hydrogen) atoms. The molecule has 2 aromatic rings. The molecule has 0 spiro atoms. The summed E-state index contributed by atoms with van der Waals surface area (Å²) in [6.07, 6.45) is 0.843. The van der Waals surface area contributed by atoms with Gasteiger partial charge in [-0.25, -0.2) is 4.79 Å². The van der Waals surface area contributed by atoms with Gasteiger partial charge in [0.1, 0.15) is 4.88 Å². The van der Waals surface area contributed by atoms with Crippen molar-refractivity contribution in [2.45, 2.75) is 6.42 Å². The Morgan fingerprint density at radius 2 is 2.14 bits per heavy atom. The zero-order chi connectivity index (χ0) is 9.97. The number of hydrogen-bond acceptors (Lipinski definition) is 3. The zero-order valence-corrected chi connectivity index (χ0v) is 8.90. The minimum atomic E-state index is -0.840. The van der Waals surface area contributed by atoms with E-state index in [1.165, 1.54) is 16.2 Å². The second kappa shape index (κ2) is 3.94. The Morgan fingerprint density at radius 3 is 2.71 bits per heavy atom. The molecule has 2 rings (SSSR count). The summed E-state index contributed by atoms with van der Waals surface area (Å²) in [4.78, 5) is 13.4. The van der Waals surface area contributed by atoms with Crippen molar-refractivity contribution in [3.05, 3.63) is 44.3 Å². The Balaban J connectivity index is 2.14. The van der Waals surface area contributed by atoms with Gasteiger partial charge >= 0.3 is 5.97 Å². The fraction of sp³-hybridized carbons (Fsp3) is 0.100. The molecule has 0 aliphatic heterocycles. The van der Waals surface area contributed by atoms with Gasteiger partial charge in [0.2, 0.25) is 0 Å². The smallest absolute Gasteiger partial charge is 0.345 e. The molecule has 0 atom stereocenters. The van der Waals surface area contributed by atoms with E-state index in [2.05, 4.69) is 6.07 Å². The summed E-state index contributed by atoms with van der Waals surface area (Å²) in [6.45, 7) is 0. The first-order chi connectivity index (χ1) is 6.75. The first-order valence-corrected chi connectivity index (χ1v) is 5.80. The van der Waals surface area contributed by atoms with Crippen LogP contribution in [0.5, 0.6) is 0 Å². The van der Waals surface area contributed by atoms with Crippen LogP contribution >= 0.6 is 22.7 Å². The van der Waals surface area contributed by atoms with Gasteiger partial charge in [0, 0.05) is 16.2 Å². The maximum absolute atomic E-state index is 10.6. The van der Waals surface area contributed by atoms with E-state index >= 15 is 0 Å². The van der Waals surface area contributed by atoms with Gasteiger partial charge in [-0.2, -0.15) is 0 Å². The lowest BCUT2D eigenvalue weighted by atomic mass is 10.3. The number of rotatable bonds is 3. The highest BCUT2D eigenvalue weighted by molar-refractivity contribution is 7.14. The predicted molar refractivity (Wildman–Crippen MR) is 58.4 cm³/mol. The lowest BCUT2D eigenvalue weighted by molar-refractivity contribution is 0.0702. The Kier molecular flexibility index (Phi) is 2.65. The number of hydrogen-bond donors (Lipinski definition) is 1. The van der Waals surface area contributed by atoms with E-state index in [-0.39, 0.29) is 0 Å². The lowest BCUT2D eigenvalue weighted by Gasteiger charge is -1.91. The van der Waals surface area contributed by atoms with Gasteiger partial charge in [-0.1, -0.05) is 6.07 Å². The Bertz CT molecular complexity index is 429. The summed E-state index contributed by atoms with van der Waals surface area (Å²) < 4.78 is 0. The summed E-state index contributed by atoms with van der Waals surface area (Å²) in [5.74, 6) is -0.840. The molecule has 0 saturated heterocycles. The van der Waals surface area contributed by atoms with Gasteiger partial charge in [-0.15, -0.1) is 22.7 Å². The third-order valence-electron chi connectivity index (χ3n) is 1.80. The van der Waals surface area contributed by atoms with E-state index < -0.39 is 5.97 Å². The molecule has 2 aromatic heterocycles. The number of aromatic carboxylic acids is 1. The number of thiophene rings is 2. The normalized spacial score (nSPS) is 10.3. The summed E-state index contributed by atoms with van der Waals surface area (Å²) in [5.41, 5.74) is 0. The van der Waals surface area contributed by atoms with Crippen molar-refractivity contribution in [1.82, 2.24) is 0 Å². The molecule has 2 heterocycles. The molecular formula is C10H8O2S2. The monoisotopic (exact) mass is 224 g/mol. The second-order valence-electron chi connectivity index (χ2n) is 2.83. The van der Waals surface area contributed by atoms with Crippen LogP contribution in [0, 0.1) is 0 Å². The second-order valence-corrected chi connectivity index (χ2v) is 5.03. The minimum absolute atomic E-state index is 0.413. The van der Waals surface area contributed by atoms with Crippen molar-refractivity contribution >= 4 is 28.6 Å². The van der Waals surface area contributed by atoms with Gasteiger partial charge in [-0.05, 0) is 23.6 Å². The van der Waals surface area contributed by atoms with Crippen molar-refractivity contribution in [2.75, 3.05) is 0 Å². The first-order valence-electron chi connectivity index (χ1n) is 4.10. The Morgan fingerprint density at radius 1 is 1.29 bits per heavy atom. The SMILES string of the molecule is O=C(O)c1ccc(Cc2cccs2)s1. The molecule has 0 amide bonds. The molecule has 72 valence electrons. The molecular weight excluding hydrogens is 216 g/mol. The molecule has 4 heteroatoms. The summed E-state index contributed by atoms with van der Waals surface area (Å²) in [5, 5.41) is 10.8. The molecule has 0 aliphatic carbocycles. The molecule has 0 bridgehead atoms. The van der Waals surface area contributed by atoms with Crippen LogP contribution in [0.3, 0.4) is 0 Å². The number of carboxylic acid groups (broad SMARTS) is 1. The van der Waals surface area contributed by atoms with Crippen molar-refractivity contribution in [3.63, 3.8) is 0 Å². The highest BCUT2D eigenvalue weighted by Gasteiger charge is 2.07. The summed E-state index contributed by atoms with van der Waals surface area (Å²) in [6, 6.07) is 7.61. The molecule has 1 N–H and O–H groups in total. The maximum Gasteiger partial charge on any atom is 0.345 e. The quantitative estimate of drug-likeness (QED) is 0.869. The van der Waals surface area contributed by atoms with Crippen LogP contribution in [0.15, 0.2) is 29.6 Å². The van der Waals surface area contributed by atoms with E-state index in [9.17, 15) is 4.79 Å². The largest absolute Gasteiger partial charge is 0.477 e. The highest BCUT2D eigenvalue weighted by Crippen LogP contribution is 2.21. The van der Waals surface area contributed by atoms with Crippen LogP contribution in [0.2, 0.25) is 0 Å². The minimum Gasteiger partial charge on any atom is -0.477 e. The van der Waals surface area contributed by atoms with Crippen LogP contribution in [-0.2, 0) is 6.42 Å². The van der Waals surface area contributed by atoms with E-state index in [1.807, 2.05) is 17.5 Å². The van der Waals surface area contributed by atoms with E-state index in [1.54, 1.807) is 17.4 Å². The van der Waals surface area contributed by atoms with E-state index in [0.29, 0.717) is 4.88 Å². The van der Waals surface area contributed by atoms with Crippen molar-refractivity contribution < 1.29 is 9.90 Å². The maximum atomic E-state index is 10.6.